The molecule has 0 atom stereocenters. The summed E-state index contributed by atoms with van der Waals surface area (Å²) < 4.78 is 21.0. The lowest BCUT2D eigenvalue weighted by Crippen LogP contribution is -2.42. The Morgan fingerprint density at radius 2 is 0.760 bits per heavy atom. The zero-order valence-corrected chi connectivity index (χ0v) is 13.2. The van der Waals surface area contributed by atoms with Crippen LogP contribution in [0.25, 0.3) is 41.8 Å². The third kappa shape index (κ3) is 12.2. The Kier molecular flexibility index (Phi) is 14.1. The van der Waals surface area contributed by atoms with Crippen LogP contribution >= 0.6 is 0 Å². The van der Waals surface area contributed by atoms with Crippen molar-refractivity contribution in [1.29, 1.82) is 0 Å². The van der Waals surface area contributed by atoms with Crippen molar-refractivity contribution in [1.82, 2.24) is 0 Å². The summed E-state index contributed by atoms with van der Waals surface area (Å²) in [6, 6.07) is 0. The van der Waals surface area contributed by atoms with E-state index < -0.39 is 5.41 Å². The van der Waals surface area contributed by atoms with Gasteiger partial charge < -0.3 is 18.9 Å². The zero-order valence-electron chi connectivity index (χ0n) is 13.2. The molecule has 0 aromatic carbocycles. The number of azide groups is 4. The van der Waals surface area contributed by atoms with E-state index in [0.717, 1.165) is 0 Å². The average Bonchev–Trinajstić information content (AvgIpc) is 2.63. The lowest BCUT2D eigenvalue weighted by atomic mass is 9.92. The van der Waals surface area contributed by atoms with E-state index in [1.54, 1.807) is 0 Å². The summed E-state index contributed by atoms with van der Waals surface area (Å²) in [4.78, 5) is 10.2. The van der Waals surface area contributed by atoms with Crippen molar-refractivity contribution in [3.05, 3.63) is 41.8 Å². The molecule has 16 heteroatoms. The molecule has 0 heterocycles. The SMILES string of the molecule is [N-]=[N+]=NCOCC(COCN=[N+]=[N-])(COCN=[N+]=[N-])COCN=[N+]=[N-]. The molecule has 0 fully saturated rings. The molecule has 0 saturated carbocycles. The molecular formula is C9H16N12O4. The maximum Gasteiger partial charge on any atom is 0.125 e. The highest BCUT2D eigenvalue weighted by Crippen LogP contribution is 2.21. The standard InChI is InChI=1S/C9H16N12O4/c10-18-14-5-22-1-9(2-23-6-15-19-11,3-24-7-16-20-12)4-25-8-17-21-13/h1-8H2. The predicted molar refractivity (Wildman–Crippen MR) is 82.3 cm³/mol. The molecule has 0 aliphatic carbocycles. The largest absolute Gasteiger partial charge is 0.375 e. The molecule has 0 radical (unpaired) electrons. The maximum absolute atomic E-state index is 8.26. The van der Waals surface area contributed by atoms with Crippen LogP contribution in [0.4, 0.5) is 0 Å². The average molecular weight is 356 g/mol. The van der Waals surface area contributed by atoms with Crippen molar-refractivity contribution >= 4 is 0 Å². The Bertz CT molecular complexity index is 457. The lowest BCUT2D eigenvalue weighted by Gasteiger charge is -2.32. The summed E-state index contributed by atoms with van der Waals surface area (Å²) in [5.74, 6) is 0. The number of hydrogen-bond acceptors (Lipinski definition) is 8. The molecule has 0 aromatic rings. The minimum absolute atomic E-state index is 0.0190. The fourth-order valence-corrected chi connectivity index (χ4v) is 1.57. The molecule has 0 bridgehead atoms. The van der Waals surface area contributed by atoms with Gasteiger partial charge in [0, 0.05) is 19.6 Å². The van der Waals surface area contributed by atoms with Crippen LogP contribution in [0, 0.1) is 5.41 Å². The van der Waals surface area contributed by atoms with E-state index in [0.29, 0.717) is 0 Å². The second kappa shape index (κ2) is 16.0. The van der Waals surface area contributed by atoms with E-state index in [-0.39, 0.29) is 53.4 Å². The Morgan fingerprint density at radius 1 is 0.520 bits per heavy atom. The van der Waals surface area contributed by atoms with E-state index in [1.165, 1.54) is 0 Å². The van der Waals surface area contributed by atoms with Gasteiger partial charge in [-0.1, -0.05) is 20.5 Å². The summed E-state index contributed by atoms with van der Waals surface area (Å²) in [5.41, 5.74) is 32.1. The molecule has 0 aliphatic rings. The third-order valence-corrected chi connectivity index (χ3v) is 2.48. The van der Waals surface area contributed by atoms with Crippen molar-refractivity contribution in [3.8, 4) is 0 Å². The van der Waals surface area contributed by atoms with Crippen molar-refractivity contribution in [3.63, 3.8) is 0 Å². The summed E-state index contributed by atoms with van der Waals surface area (Å²) in [5, 5.41) is 13.0. The van der Waals surface area contributed by atoms with E-state index in [9.17, 15) is 0 Å². The predicted octanol–water partition coefficient (Wildman–Crippen LogP) is 3.11. The van der Waals surface area contributed by atoms with Gasteiger partial charge in [-0.15, -0.1) is 0 Å². The first-order valence-corrected chi connectivity index (χ1v) is 6.59. The topological polar surface area (TPSA) is 232 Å². The van der Waals surface area contributed by atoms with Crippen LogP contribution in [-0.4, -0.2) is 53.4 Å². The van der Waals surface area contributed by atoms with Crippen LogP contribution in [0.3, 0.4) is 0 Å². The van der Waals surface area contributed by atoms with E-state index in [4.69, 9.17) is 41.1 Å². The highest BCUT2D eigenvalue weighted by Gasteiger charge is 2.32. The van der Waals surface area contributed by atoms with Gasteiger partial charge in [0.05, 0.1) is 31.8 Å². The van der Waals surface area contributed by atoms with Crippen molar-refractivity contribution in [2.45, 2.75) is 0 Å². The maximum atomic E-state index is 8.26. The molecule has 136 valence electrons. The Hall–Kier alpha value is -2.92. The first kappa shape index (κ1) is 22.1. The van der Waals surface area contributed by atoms with Crippen molar-refractivity contribution in [2.24, 2.45) is 25.9 Å². The number of hydrogen-bond donors (Lipinski definition) is 0. The summed E-state index contributed by atoms with van der Waals surface area (Å²) in [6.07, 6.45) is 0. The molecule has 0 rings (SSSR count). The molecular weight excluding hydrogens is 340 g/mol. The molecule has 16 nitrogen and oxygen atoms in total. The van der Waals surface area contributed by atoms with Gasteiger partial charge in [-0.05, 0) is 22.1 Å². The molecule has 0 spiro atoms. The van der Waals surface area contributed by atoms with Crippen LogP contribution in [-0.2, 0) is 18.9 Å². The fraction of sp³-hybridized carbons (Fsp3) is 1.00. The number of ether oxygens (including phenoxy) is 4. The Morgan fingerprint density at radius 3 is 0.960 bits per heavy atom. The molecule has 0 N–H and O–H groups in total. The van der Waals surface area contributed by atoms with Gasteiger partial charge in [0.15, 0.2) is 0 Å². The van der Waals surface area contributed by atoms with Crippen LogP contribution in [0.15, 0.2) is 20.5 Å². The van der Waals surface area contributed by atoms with Crippen LogP contribution in [0.1, 0.15) is 0 Å². The minimum atomic E-state index is -0.925. The van der Waals surface area contributed by atoms with Gasteiger partial charge >= 0.3 is 0 Å². The normalized spacial score (nSPS) is 11.8. The quantitative estimate of drug-likeness (QED) is 0.175. The molecule has 0 unspecified atom stereocenters. The zero-order chi connectivity index (χ0) is 18.6. The Balaban J connectivity index is 4.94. The highest BCUT2D eigenvalue weighted by molar-refractivity contribution is 4.79. The molecule has 0 aliphatic heterocycles. The van der Waals surface area contributed by atoms with E-state index >= 15 is 0 Å². The second-order valence-corrected chi connectivity index (χ2v) is 4.33. The monoisotopic (exact) mass is 356 g/mol. The summed E-state index contributed by atoms with van der Waals surface area (Å²) in [6.45, 7) is -1.02. The lowest BCUT2D eigenvalue weighted by molar-refractivity contribution is -0.104. The Labute approximate surface area is 141 Å². The van der Waals surface area contributed by atoms with E-state index in [2.05, 4.69) is 40.1 Å². The third-order valence-electron chi connectivity index (χ3n) is 2.48. The summed E-state index contributed by atoms with van der Waals surface area (Å²) in [7, 11) is 0. The molecule has 0 aromatic heterocycles. The second-order valence-electron chi connectivity index (χ2n) is 4.33. The van der Waals surface area contributed by atoms with Crippen LogP contribution in [0.5, 0.6) is 0 Å². The van der Waals surface area contributed by atoms with Crippen LogP contribution in [0.2, 0.25) is 0 Å². The first-order chi connectivity index (χ1) is 12.2. The number of nitrogens with zero attached hydrogens (tertiary/aromatic N) is 12. The molecule has 25 heavy (non-hydrogen) atoms. The van der Waals surface area contributed by atoms with Gasteiger partial charge in [0.25, 0.3) is 0 Å². The fourth-order valence-electron chi connectivity index (χ4n) is 1.57. The van der Waals surface area contributed by atoms with Gasteiger partial charge in [-0.25, -0.2) is 0 Å². The first-order valence-electron chi connectivity index (χ1n) is 6.59. The van der Waals surface area contributed by atoms with Gasteiger partial charge in [-0.3, -0.25) is 0 Å². The number of rotatable bonds is 16. The van der Waals surface area contributed by atoms with Crippen LogP contribution < -0.4 is 0 Å². The molecule has 0 saturated heterocycles. The van der Waals surface area contributed by atoms with Gasteiger partial charge in [0.2, 0.25) is 0 Å². The summed E-state index contributed by atoms with van der Waals surface area (Å²) >= 11 is 0. The van der Waals surface area contributed by atoms with Crippen molar-refractivity contribution in [2.75, 3.05) is 53.4 Å². The molecule has 0 amide bonds. The van der Waals surface area contributed by atoms with E-state index in [1.807, 2.05) is 0 Å². The van der Waals surface area contributed by atoms with Crippen molar-refractivity contribution < 1.29 is 18.9 Å². The minimum Gasteiger partial charge on any atom is -0.375 e. The van der Waals surface area contributed by atoms with Gasteiger partial charge in [-0.2, -0.15) is 0 Å². The smallest absolute Gasteiger partial charge is 0.125 e. The van der Waals surface area contributed by atoms with Gasteiger partial charge in [0.1, 0.15) is 26.9 Å². The highest BCUT2D eigenvalue weighted by atomic mass is 16.5.